The summed E-state index contributed by atoms with van der Waals surface area (Å²) in [6.45, 7) is 4.74. The quantitative estimate of drug-likeness (QED) is 0.202. The Morgan fingerprint density at radius 3 is 2.36 bits per heavy atom. The molecule has 3 heterocycles. The molecule has 2 aliphatic heterocycles. The number of hydrogen-bond donors (Lipinski definition) is 0. The van der Waals surface area contributed by atoms with E-state index in [1.54, 1.807) is 17.5 Å². The van der Waals surface area contributed by atoms with Gasteiger partial charge < -0.3 is 14.4 Å². The Morgan fingerprint density at radius 2 is 1.61 bits per heavy atom. The first-order chi connectivity index (χ1) is 21.2. The van der Waals surface area contributed by atoms with Gasteiger partial charge in [-0.2, -0.15) is 13.2 Å². The molecular formula is C32H30ClF3N4O3S. The fourth-order valence-electron chi connectivity index (χ4n) is 5.41. The molecular weight excluding hydrogens is 613 g/mol. The lowest BCUT2D eigenvalue weighted by molar-refractivity contribution is -0.137. The van der Waals surface area contributed by atoms with Crippen molar-refractivity contribution in [1.82, 2.24) is 19.7 Å². The van der Waals surface area contributed by atoms with Gasteiger partial charge in [-0.05, 0) is 47.0 Å². The molecule has 0 bridgehead atoms. The molecule has 0 saturated carbocycles. The second-order valence-corrected chi connectivity index (χ2v) is 12.2. The van der Waals surface area contributed by atoms with Crippen LogP contribution in [0.2, 0.25) is 5.02 Å². The number of hydrogen-bond acceptors (Lipinski definition) is 7. The summed E-state index contributed by atoms with van der Waals surface area (Å²) in [6.07, 6.45) is -4.42. The molecule has 0 radical (unpaired) electrons. The lowest BCUT2D eigenvalue weighted by atomic mass is 10.1. The summed E-state index contributed by atoms with van der Waals surface area (Å²) < 4.78 is 50.9. The van der Waals surface area contributed by atoms with Crippen molar-refractivity contribution in [3.05, 3.63) is 110 Å². The minimum atomic E-state index is -4.42. The third-order valence-electron chi connectivity index (χ3n) is 7.59. The van der Waals surface area contributed by atoms with E-state index in [2.05, 4.69) is 9.88 Å². The average molecular weight is 643 g/mol. The van der Waals surface area contributed by atoms with E-state index >= 15 is 0 Å². The zero-order chi connectivity index (χ0) is 30.7. The molecule has 0 spiro atoms. The van der Waals surface area contributed by atoms with Gasteiger partial charge in [0.05, 0.1) is 12.1 Å². The lowest BCUT2D eigenvalue weighted by Crippen LogP contribution is -2.48. The average Bonchev–Trinajstić information content (AvgIpc) is 3.66. The molecule has 0 N–H and O–H groups in total. The van der Waals surface area contributed by atoms with Crippen LogP contribution < -0.4 is 9.47 Å². The van der Waals surface area contributed by atoms with Gasteiger partial charge in [0.2, 0.25) is 6.79 Å². The summed E-state index contributed by atoms with van der Waals surface area (Å²) in [5, 5.41) is 3.06. The normalized spacial score (nSPS) is 15.2. The molecule has 1 saturated heterocycles. The van der Waals surface area contributed by atoms with Crippen LogP contribution in [0.5, 0.6) is 11.5 Å². The highest BCUT2D eigenvalue weighted by Gasteiger charge is 2.30. The standard InChI is InChI=1S/C32H30ClF3N4O3S/c33-26-6-2-4-23(14-26)18-39(17-22-3-1-5-25(13-22)32(34,35)36)19-30-37-27(20-44-30)31(41)40-11-9-38(10-12-40)16-24-7-8-28-29(15-24)43-21-42-28/h1-8,13-15,20H,9-12,16-19,21H2. The van der Waals surface area contributed by atoms with Gasteiger partial charge in [-0.25, -0.2) is 4.98 Å². The smallest absolute Gasteiger partial charge is 0.416 e. The first-order valence-corrected chi connectivity index (χ1v) is 15.4. The number of nitrogens with zero attached hydrogens (tertiary/aromatic N) is 4. The second kappa shape index (κ2) is 13.2. The van der Waals surface area contributed by atoms with Crippen LogP contribution in [0, 0.1) is 0 Å². The van der Waals surface area contributed by atoms with E-state index in [1.165, 1.54) is 23.5 Å². The Kier molecular flexibility index (Phi) is 9.08. The number of piperazine rings is 1. The van der Waals surface area contributed by atoms with Crippen LogP contribution in [0.1, 0.15) is 37.7 Å². The number of carbonyl (C=O) groups excluding carboxylic acids is 1. The molecule has 2 aliphatic rings. The summed E-state index contributed by atoms with van der Waals surface area (Å²) in [5.41, 5.74) is 2.29. The number of aromatic nitrogens is 1. The van der Waals surface area contributed by atoms with Crippen molar-refractivity contribution in [2.24, 2.45) is 0 Å². The van der Waals surface area contributed by atoms with E-state index in [4.69, 9.17) is 21.1 Å². The number of ether oxygens (including phenoxy) is 2. The SMILES string of the molecule is O=C(c1csc(CN(Cc2cccc(Cl)c2)Cc2cccc(C(F)(F)F)c2)n1)N1CCN(Cc2ccc3c(c2)OCO3)CC1. The number of halogens is 4. The third kappa shape index (κ3) is 7.52. The molecule has 0 aliphatic carbocycles. The van der Waals surface area contributed by atoms with Crippen LogP contribution in [0.3, 0.4) is 0 Å². The van der Waals surface area contributed by atoms with E-state index in [0.29, 0.717) is 47.5 Å². The lowest BCUT2D eigenvalue weighted by Gasteiger charge is -2.34. The fourth-order valence-corrected chi connectivity index (χ4v) is 6.43. The summed E-state index contributed by atoms with van der Waals surface area (Å²) in [4.78, 5) is 24.1. The molecule has 4 aromatic rings. The Bertz CT molecular complexity index is 1620. The van der Waals surface area contributed by atoms with E-state index in [0.717, 1.165) is 48.3 Å². The van der Waals surface area contributed by atoms with Crippen molar-refractivity contribution < 1.29 is 27.4 Å². The highest BCUT2D eigenvalue weighted by Crippen LogP contribution is 2.33. The van der Waals surface area contributed by atoms with Gasteiger partial charge in [-0.15, -0.1) is 11.3 Å². The summed E-state index contributed by atoms with van der Waals surface area (Å²) in [5.74, 6) is 1.40. The van der Waals surface area contributed by atoms with Gasteiger partial charge in [-0.1, -0.05) is 48.0 Å². The summed E-state index contributed by atoms with van der Waals surface area (Å²) in [6, 6.07) is 18.7. The highest BCUT2D eigenvalue weighted by molar-refractivity contribution is 7.09. The van der Waals surface area contributed by atoms with Gasteiger partial charge >= 0.3 is 6.18 Å². The van der Waals surface area contributed by atoms with Crippen LogP contribution in [0.25, 0.3) is 0 Å². The van der Waals surface area contributed by atoms with Crippen molar-refractivity contribution >= 4 is 28.8 Å². The minimum absolute atomic E-state index is 0.116. The number of fused-ring (bicyclic) bond motifs is 1. The molecule has 44 heavy (non-hydrogen) atoms. The molecule has 0 unspecified atom stereocenters. The Morgan fingerprint density at radius 1 is 0.886 bits per heavy atom. The van der Waals surface area contributed by atoms with Gasteiger partial charge in [0.25, 0.3) is 5.91 Å². The number of thiazole rings is 1. The van der Waals surface area contributed by atoms with Crippen molar-refractivity contribution in [2.45, 2.75) is 32.4 Å². The summed E-state index contributed by atoms with van der Waals surface area (Å²) >= 11 is 7.57. The largest absolute Gasteiger partial charge is 0.454 e. The summed E-state index contributed by atoms with van der Waals surface area (Å²) in [7, 11) is 0. The van der Waals surface area contributed by atoms with Crippen molar-refractivity contribution in [3.63, 3.8) is 0 Å². The zero-order valence-electron chi connectivity index (χ0n) is 23.7. The van der Waals surface area contributed by atoms with E-state index in [-0.39, 0.29) is 19.2 Å². The molecule has 0 atom stereocenters. The maximum atomic E-state index is 13.4. The number of alkyl halides is 3. The Hall–Kier alpha value is -3.64. The predicted octanol–water partition coefficient (Wildman–Crippen LogP) is 6.70. The van der Waals surface area contributed by atoms with Crippen LogP contribution in [0.15, 0.2) is 72.1 Å². The van der Waals surface area contributed by atoms with E-state index in [1.807, 2.05) is 46.2 Å². The molecule has 1 aromatic heterocycles. The molecule has 1 fully saturated rings. The van der Waals surface area contributed by atoms with Crippen LogP contribution in [-0.4, -0.2) is 58.6 Å². The van der Waals surface area contributed by atoms with Gasteiger partial charge in [0.15, 0.2) is 11.5 Å². The van der Waals surface area contributed by atoms with Crippen molar-refractivity contribution in [2.75, 3.05) is 33.0 Å². The Balaban J connectivity index is 1.09. The maximum Gasteiger partial charge on any atom is 0.416 e. The van der Waals surface area contributed by atoms with Crippen LogP contribution in [0.4, 0.5) is 13.2 Å². The number of rotatable bonds is 9. The minimum Gasteiger partial charge on any atom is -0.454 e. The number of carbonyl (C=O) groups is 1. The second-order valence-electron chi connectivity index (χ2n) is 10.9. The molecule has 230 valence electrons. The van der Waals surface area contributed by atoms with Crippen molar-refractivity contribution in [3.8, 4) is 11.5 Å². The fraction of sp³-hybridized carbons (Fsp3) is 0.312. The maximum absolute atomic E-state index is 13.4. The van der Waals surface area contributed by atoms with Gasteiger partial charge in [-0.3, -0.25) is 14.6 Å². The highest BCUT2D eigenvalue weighted by atomic mass is 35.5. The molecule has 1 amide bonds. The first-order valence-electron chi connectivity index (χ1n) is 14.2. The molecule has 6 rings (SSSR count). The first kappa shape index (κ1) is 30.4. The third-order valence-corrected chi connectivity index (χ3v) is 8.66. The van der Waals surface area contributed by atoms with Gasteiger partial charge in [0.1, 0.15) is 10.7 Å². The van der Waals surface area contributed by atoms with Crippen LogP contribution >= 0.6 is 22.9 Å². The topological polar surface area (TPSA) is 58.1 Å². The van der Waals surface area contributed by atoms with Gasteiger partial charge in [0, 0.05) is 56.2 Å². The zero-order valence-corrected chi connectivity index (χ0v) is 25.3. The molecule has 3 aromatic carbocycles. The number of benzene rings is 3. The van der Waals surface area contributed by atoms with Crippen LogP contribution in [-0.2, 0) is 32.4 Å². The van der Waals surface area contributed by atoms with Crippen molar-refractivity contribution in [1.29, 1.82) is 0 Å². The van der Waals surface area contributed by atoms with E-state index < -0.39 is 11.7 Å². The monoisotopic (exact) mass is 642 g/mol. The number of amides is 1. The van der Waals surface area contributed by atoms with E-state index in [9.17, 15) is 18.0 Å². The molecule has 7 nitrogen and oxygen atoms in total. The predicted molar refractivity (Wildman–Crippen MR) is 162 cm³/mol. The molecule has 12 heteroatoms. The Labute approximate surface area is 262 Å².